The van der Waals surface area contributed by atoms with Gasteiger partial charge in [0.2, 0.25) is 12.6 Å². The van der Waals surface area contributed by atoms with Crippen LogP contribution < -0.4 is 9.47 Å². The van der Waals surface area contributed by atoms with E-state index >= 15 is 0 Å². The van der Waals surface area contributed by atoms with Crippen LogP contribution in [0.3, 0.4) is 0 Å². The first kappa shape index (κ1) is 12.0. The zero-order chi connectivity index (χ0) is 13.6. The number of halogens is 1. The molecule has 7 heteroatoms. The van der Waals surface area contributed by atoms with Gasteiger partial charge in [-0.3, -0.25) is 0 Å². The van der Waals surface area contributed by atoms with Crippen molar-refractivity contribution in [2.45, 2.75) is 6.92 Å². The van der Waals surface area contributed by atoms with Crippen LogP contribution in [-0.2, 0) is 0 Å². The molecule has 6 nitrogen and oxygen atoms in total. The molecule has 1 N–H and O–H groups in total. The highest BCUT2D eigenvalue weighted by Crippen LogP contribution is 2.45. The second-order valence-corrected chi connectivity index (χ2v) is 4.83. The van der Waals surface area contributed by atoms with Crippen LogP contribution in [0.1, 0.15) is 16.1 Å². The third kappa shape index (κ3) is 1.86. The first-order valence-corrected chi connectivity index (χ1v) is 6.16. The van der Waals surface area contributed by atoms with Gasteiger partial charge in [-0.25, -0.2) is 4.79 Å². The molecule has 98 valence electrons. The van der Waals surface area contributed by atoms with Crippen molar-refractivity contribution in [1.82, 2.24) is 5.16 Å². The van der Waals surface area contributed by atoms with Gasteiger partial charge in [-0.1, -0.05) is 5.16 Å². The van der Waals surface area contributed by atoms with Gasteiger partial charge in [0.25, 0.3) is 0 Å². The van der Waals surface area contributed by atoms with Gasteiger partial charge in [0.05, 0.1) is 4.47 Å². The molecule has 3 rings (SSSR count). The summed E-state index contributed by atoms with van der Waals surface area (Å²) >= 11 is 3.39. The van der Waals surface area contributed by atoms with E-state index < -0.39 is 5.97 Å². The van der Waals surface area contributed by atoms with Gasteiger partial charge in [-0.05, 0) is 28.9 Å². The largest absolute Gasteiger partial charge is 0.475 e. The van der Waals surface area contributed by atoms with Crippen molar-refractivity contribution in [2.24, 2.45) is 0 Å². The summed E-state index contributed by atoms with van der Waals surface area (Å²) in [6.45, 7) is 2.02. The van der Waals surface area contributed by atoms with Crippen LogP contribution >= 0.6 is 15.9 Å². The number of carboxylic acid groups (broad SMARTS) is 1. The third-order valence-electron chi connectivity index (χ3n) is 2.84. The molecular weight excluding hydrogens is 318 g/mol. The van der Waals surface area contributed by atoms with Crippen LogP contribution in [0.4, 0.5) is 0 Å². The van der Waals surface area contributed by atoms with E-state index in [1.807, 2.05) is 6.92 Å². The van der Waals surface area contributed by atoms with Crippen molar-refractivity contribution < 1.29 is 23.9 Å². The fourth-order valence-corrected chi connectivity index (χ4v) is 2.45. The molecule has 0 amide bonds. The Kier molecular flexibility index (Phi) is 2.70. The fraction of sp³-hybridized carbons (Fsp3) is 0.167. The molecule has 0 bridgehead atoms. The molecule has 1 aromatic heterocycles. The maximum Gasteiger partial charge on any atom is 0.374 e. The highest BCUT2D eigenvalue weighted by atomic mass is 79.9. The number of hydrogen-bond donors (Lipinski definition) is 1. The molecule has 1 aromatic carbocycles. The number of aromatic carboxylic acids is 1. The molecule has 2 aromatic rings. The number of rotatable bonds is 2. The molecule has 0 spiro atoms. The summed E-state index contributed by atoms with van der Waals surface area (Å²) in [7, 11) is 0. The van der Waals surface area contributed by atoms with Crippen molar-refractivity contribution in [3.05, 3.63) is 27.9 Å². The summed E-state index contributed by atoms with van der Waals surface area (Å²) in [5, 5.41) is 12.6. The Hall–Kier alpha value is -2.02. The monoisotopic (exact) mass is 325 g/mol. The summed E-state index contributed by atoms with van der Waals surface area (Å²) in [6, 6.07) is 3.17. The SMILES string of the molecule is Cc1c(-c2cc(C(=O)O)on2)cc(Br)c2c1OCO2. The number of benzene rings is 1. The fourth-order valence-electron chi connectivity index (χ4n) is 1.93. The summed E-state index contributed by atoms with van der Waals surface area (Å²) in [6.07, 6.45) is 0. The van der Waals surface area contributed by atoms with E-state index in [-0.39, 0.29) is 12.6 Å². The maximum absolute atomic E-state index is 10.8. The second-order valence-electron chi connectivity index (χ2n) is 3.98. The first-order valence-electron chi connectivity index (χ1n) is 5.37. The van der Waals surface area contributed by atoms with E-state index in [1.165, 1.54) is 6.07 Å². The lowest BCUT2D eigenvalue weighted by atomic mass is 10.0. The zero-order valence-corrected chi connectivity index (χ0v) is 11.4. The topological polar surface area (TPSA) is 81.8 Å². The lowest BCUT2D eigenvalue weighted by Gasteiger charge is -2.07. The lowest BCUT2D eigenvalue weighted by molar-refractivity contribution is 0.0652. The van der Waals surface area contributed by atoms with Crippen molar-refractivity contribution in [1.29, 1.82) is 0 Å². The van der Waals surface area contributed by atoms with Gasteiger partial charge in [-0.2, -0.15) is 0 Å². The Morgan fingerprint density at radius 2 is 2.11 bits per heavy atom. The smallest absolute Gasteiger partial charge is 0.374 e. The number of nitrogens with zero attached hydrogens (tertiary/aromatic N) is 1. The lowest BCUT2D eigenvalue weighted by Crippen LogP contribution is -1.94. The Morgan fingerprint density at radius 3 is 2.79 bits per heavy atom. The summed E-state index contributed by atoms with van der Waals surface area (Å²) in [5.74, 6) is -0.0909. The Labute approximate surface area is 116 Å². The predicted molar refractivity (Wildman–Crippen MR) is 67.5 cm³/mol. The highest BCUT2D eigenvalue weighted by Gasteiger charge is 2.24. The molecule has 0 radical (unpaired) electrons. The van der Waals surface area contributed by atoms with E-state index in [0.717, 1.165) is 15.6 Å². The van der Waals surface area contributed by atoms with Gasteiger partial charge in [-0.15, -0.1) is 0 Å². The number of fused-ring (bicyclic) bond motifs is 1. The molecule has 0 saturated carbocycles. The van der Waals surface area contributed by atoms with Crippen LogP contribution in [-0.4, -0.2) is 23.0 Å². The summed E-state index contributed by atoms with van der Waals surface area (Å²) in [5.41, 5.74) is 1.99. The minimum absolute atomic E-state index is 0.164. The number of hydrogen-bond acceptors (Lipinski definition) is 5. The molecule has 1 aliphatic rings. The average Bonchev–Trinajstić information content (AvgIpc) is 3.01. The Morgan fingerprint density at radius 1 is 1.37 bits per heavy atom. The van der Waals surface area contributed by atoms with Crippen LogP contribution in [0.15, 0.2) is 21.1 Å². The minimum atomic E-state index is -1.16. The molecule has 19 heavy (non-hydrogen) atoms. The van der Waals surface area contributed by atoms with Gasteiger partial charge >= 0.3 is 5.97 Å². The first-order chi connectivity index (χ1) is 9.08. The van der Waals surface area contributed by atoms with Crippen molar-refractivity contribution in [3.8, 4) is 22.8 Å². The van der Waals surface area contributed by atoms with Gasteiger partial charge < -0.3 is 19.1 Å². The van der Waals surface area contributed by atoms with Crippen LogP contribution in [0.2, 0.25) is 0 Å². The van der Waals surface area contributed by atoms with E-state index in [9.17, 15) is 4.79 Å². The van der Waals surface area contributed by atoms with Gasteiger partial charge in [0.15, 0.2) is 11.5 Å². The number of aromatic nitrogens is 1. The molecule has 1 aliphatic heterocycles. The zero-order valence-electron chi connectivity index (χ0n) is 9.77. The third-order valence-corrected chi connectivity index (χ3v) is 3.43. The van der Waals surface area contributed by atoms with E-state index in [4.69, 9.17) is 19.1 Å². The van der Waals surface area contributed by atoms with Crippen LogP contribution in [0.25, 0.3) is 11.3 Å². The molecule has 0 saturated heterocycles. The molecule has 2 heterocycles. The van der Waals surface area contributed by atoms with Gasteiger partial charge in [0.1, 0.15) is 5.69 Å². The normalized spacial score (nSPS) is 12.7. The Bertz CT molecular complexity index is 679. The average molecular weight is 326 g/mol. The van der Waals surface area contributed by atoms with E-state index in [1.54, 1.807) is 6.07 Å². The molecule has 0 atom stereocenters. The predicted octanol–water partition coefficient (Wildman–Crippen LogP) is 2.84. The molecule has 0 fully saturated rings. The standard InChI is InChI=1S/C12H8BrNO5/c1-5-6(8-3-9(12(15)16)19-14-8)2-7(13)11-10(5)17-4-18-11/h2-3H,4H2,1H3,(H,15,16). The quantitative estimate of drug-likeness (QED) is 0.914. The molecule has 0 aliphatic carbocycles. The summed E-state index contributed by atoms with van der Waals surface area (Å²) < 4.78 is 16.2. The second kappa shape index (κ2) is 4.27. The van der Waals surface area contributed by atoms with Crippen LogP contribution in [0.5, 0.6) is 11.5 Å². The summed E-state index contributed by atoms with van der Waals surface area (Å²) in [4.78, 5) is 10.8. The number of carboxylic acids is 1. The molecular formula is C12H8BrNO5. The van der Waals surface area contributed by atoms with Crippen molar-refractivity contribution >= 4 is 21.9 Å². The van der Waals surface area contributed by atoms with Crippen molar-refractivity contribution in [2.75, 3.05) is 6.79 Å². The maximum atomic E-state index is 10.8. The van der Waals surface area contributed by atoms with Gasteiger partial charge in [0, 0.05) is 17.2 Å². The van der Waals surface area contributed by atoms with Crippen molar-refractivity contribution in [3.63, 3.8) is 0 Å². The molecule has 0 unspecified atom stereocenters. The Balaban J connectivity index is 2.15. The number of ether oxygens (including phenoxy) is 2. The number of carbonyl (C=O) groups is 1. The minimum Gasteiger partial charge on any atom is -0.475 e. The van der Waals surface area contributed by atoms with E-state index in [2.05, 4.69) is 21.1 Å². The highest BCUT2D eigenvalue weighted by molar-refractivity contribution is 9.10. The van der Waals surface area contributed by atoms with E-state index in [0.29, 0.717) is 17.2 Å². The van der Waals surface area contributed by atoms with Crippen LogP contribution in [0, 0.1) is 6.92 Å².